The molecule has 1 saturated carbocycles. The van der Waals surface area contributed by atoms with Gasteiger partial charge in [0.2, 0.25) is 16.0 Å². The Kier molecular flexibility index (Phi) is 4.73. The van der Waals surface area contributed by atoms with Gasteiger partial charge in [-0.3, -0.25) is 0 Å². The molecule has 0 unspecified atom stereocenters. The molecule has 26 heavy (non-hydrogen) atoms. The Morgan fingerprint density at radius 3 is 2.31 bits per heavy atom. The van der Waals surface area contributed by atoms with Crippen molar-refractivity contribution < 1.29 is 8.42 Å². The number of hydrogen-bond acceptors (Lipinski definition) is 7. The zero-order chi connectivity index (χ0) is 18.0. The summed E-state index contributed by atoms with van der Waals surface area (Å²) in [6.45, 7) is 3.28. The van der Waals surface area contributed by atoms with E-state index in [0.717, 1.165) is 25.9 Å². The van der Waals surface area contributed by atoms with E-state index in [1.807, 2.05) is 4.90 Å². The molecule has 0 aromatic carbocycles. The summed E-state index contributed by atoms with van der Waals surface area (Å²) in [5.74, 6) is 1.70. The first-order valence-electron chi connectivity index (χ1n) is 8.85. The molecule has 9 heteroatoms. The summed E-state index contributed by atoms with van der Waals surface area (Å²) in [6.07, 6.45) is 7.30. The van der Waals surface area contributed by atoms with Crippen LogP contribution in [0.15, 0.2) is 41.7 Å². The Morgan fingerprint density at radius 2 is 1.62 bits per heavy atom. The number of aromatic nitrogens is 3. The maximum Gasteiger partial charge on any atom is 0.244 e. The van der Waals surface area contributed by atoms with Gasteiger partial charge in [-0.15, -0.1) is 0 Å². The van der Waals surface area contributed by atoms with Gasteiger partial charge in [0.05, 0.1) is 0 Å². The lowest BCUT2D eigenvalue weighted by Gasteiger charge is -2.35. The Morgan fingerprint density at radius 1 is 0.962 bits per heavy atom. The average Bonchev–Trinajstić information content (AvgIpc) is 3.52. The molecule has 2 fully saturated rings. The van der Waals surface area contributed by atoms with E-state index in [0.29, 0.717) is 37.3 Å². The van der Waals surface area contributed by atoms with E-state index < -0.39 is 10.0 Å². The fourth-order valence-electron chi connectivity index (χ4n) is 3.03. The van der Waals surface area contributed by atoms with Crippen LogP contribution in [-0.2, 0) is 10.0 Å². The summed E-state index contributed by atoms with van der Waals surface area (Å²) in [4.78, 5) is 17.3. The van der Waals surface area contributed by atoms with Crippen molar-refractivity contribution in [2.75, 3.05) is 42.5 Å². The summed E-state index contributed by atoms with van der Waals surface area (Å²) in [5, 5.41) is 0. The molecule has 1 aliphatic heterocycles. The number of hydrogen-bond donors (Lipinski definition) is 1. The highest BCUT2D eigenvalue weighted by molar-refractivity contribution is 7.89. The summed E-state index contributed by atoms with van der Waals surface area (Å²) in [5.41, 5.74) is 0. The lowest BCUT2D eigenvalue weighted by Crippen LogP contribution is -2.48. The van der Waals surface area contributed by atoms with Gasteiger partial charge >= 0.3 is 0 Å². The monoisotopic (exact) mass is 374 g/mol. The standard InChI is InChI=1S/C17H22N6O2S/c24-26(25,21-13-14-4-5-14)15-3-1-6-18-16(15)22-9-11-23(12-10-22)17-19-7-2-8-20-17/h1-3,6-8,14,21H,4-5,9-13H2. The van der Waals surface area contributed by atoms with Crippen LogP contribution in [-0.4, -0.2) is 56.1 Å². The Balaban J connectivity index is 1.48. The molecule has 8 nitrogen and oxygen atoms in total. The lowest BCUT2D eigenvalue weighted by molar-refractivity contribution is 0.574. The Labute approximate surface area is 153 Å². The molecule has 0 radical (unpaired) electrons. The number of anilines is 2. The molecule has 2 aromatic rings. The fraction of sp³-hybridized carbons (Fsp3) is 0.471. The summed E-state index contributed by atoms with van der Waals surface area (Å²) >= 11 is 0. The molecular formula is C17H22N6O2S. The van der Waals surface area contributed by atoms with Gasteiger partial charge in [-0.25, -0.2) is 28.1 Å². The minimum atomic E-state index is -3.55. The second kappa shape index (κ2) is 7.16. The SMILES string of the molecule is O=S(=O)(NCC1CC1)c1cccnc1N1CCN(c2ncccn2)CC1. The van der Waals surface area contributed by atoms with Crippen molar-refractivity contribution in [3.05, 3.63) is 36.8 Å². The number of piperazine rings is 1. The molecule has 1 saturated heterocycles. The summed E-state index contributed by atoms with van der Waals surface area (Å²) < 4.78 is 28.1. The van der Waals surface area contributed by atoms with Crippen LogP contribution < -0.4 is 14.5 Å². The smallest absolute Gasteiger partial charge is 0.244 e. The molecule has 2 aromatic heterocycles. The second-order valence-electron chi connectivity index (χ2n) is 6.64. The van der Waals surface area contributed by atoms with Gasteiger partial charge in [0.15, 0.2) is 0 Å². The highest BCUT2D eigenvalue weighted by Gasteiger charge is 2.28. The van der Waals surface area contributed by atoms with Crippen molar-refractivity contribution in [3.63, 3.8) is 0 Å². The topological polar surface area (TPSA) is 91.3 Å². The quantitative estimate of drug-likeness (QED) is 0.803. The molecule has 1 aliphatic carbocycles. The van der Waals surface area contributed by atoms with Gasteiger partial charge in [0.25, 0.3) is 0 Å². The minimum Gasteiger partial charge on any atom is -0.352 e. The maximum atomic E-state index is 12.7. The van der Waals surface area contributed by atoms with Crippen LogP contribution in [0.5, 0.6) is 0 Å². The van der Waals surface area contributed by atoms with Gasteiger partial charge in [0.1, 0.15) is 10.7 Å². The number of rotatable bonds is 6. The highest BCUT2D eigenvalue weighted by Crippen LogP contribution is 2.29. The van der Waals surface area contributed by atoms with Crippen LogP contribution in [0.3, 0.4) is 0 Å². The summed E-state index contributed by atoms with van der Waals surface area (Å²) in [6, 6.07) is 5.09. The van der Waals surface area contributed by atoms with E-state index in [2.05, 4.69) is 24.6 Å². The molecule has 4 rings (SSSR count). The third-order valence-electron chi connectivity index (χ3n) is 4.71. The molecule has 1 N–H and O–H groups in total. The van der Waals surface area contributed by atoms with Gasteiger partial charge < -0.3 is 9.80 Å². The van der Waals surface area contributed by atoms with Crippen molar-refractivity contribution in [1.82, 2.24) is 19.7 Å². The molecule has 3 heterocycles. The second-order valence-corrected chi connectivity index (χ2v) is 8.38. The van der Waals surface area contributed by atoms with Crippen LogP contribution in [0.1, 0.15) is 12.8 Å². The van der Waals surface area contributed by atoms with Crippen LogP contribution in [0.2, 0.25) is 0 Å². The van der Waals surface area contributed by atoms with E-state index >= 15 is 0 Å². The number of sulfonamides is 1. The highest BCUT2D eigenvalue weighted by atomic mass is 32.2. The van der Waals surface area contributed by atoms with Crippen molar-refractivity contribution in [2.45, 2.75) is 17.7 Å². The molecular weight excluding hydrogens is 352 g/mol. The molecule has 0 bridgehead atoms. The van der Waals surface area contributed by atoms with E-state index in [1.54, 1.807) is 36.8 Å². The zero-order valence-electron chi connectivity index (χ0n) is 14.5. The first kappa shape index (κ1) is 17.2. The molecule has 0 amide bonds. The lowest BCUT2D eigenvalue weighted by atomic mass is 10.3. The van der Waals surface area contributed by atoms with E-state index in [-0.39, 0.29) is 4.90 Å². The third kappa shape index (κ3) is 3.78. The van der Waals surface area contributed by atoms with Crippen molar-refractivity contribution in [2.24, 2.45) is 5.92 Å². The van der Waals surface area contributed by atoms with Gasteiger partial charge in [-0.2, -0.15) is 0 Å². The van der Waals surface area contributed by atoms with E-state index in [4.69, 9.17) is 0 Å². The van der Waals surface area contributed by atoms with Crippen molar-refractivity contribution in [3.8, 4) is 0 Å². The predicted molar refractivity (Wildman–Crippen MR) is 98.6 cm³/mol. The Bertz CT molecular complexity index is 849. The average molecular weight is 374 g/mol. The van der Waals surface area contributed by atoms with Crippen LogP contribution in [0, 0.1) is 5.92 Å². The van der Waals surface area contributed by atoms with Gasteiger partial charge in [-0.1, -0.05) is 0 Å². The van der Waals surface area contributed by atoms with E-state index in [9.17, 15) is 8.42 Å². The minimum absolute atomic E-state index is 0.255. The molecule has 2 aliphatic rings. The van der Waals surface area contributed by atoms with Gasteiger partial charge in [-0.05, 0) is 37.0 Å². The molecule has 138 valence electrons. The first-order chi connectivity index (χ1) is 12.6. The van der Waals surface area contributed by atoms with Crippen LogP contribution >= 0.6 is 0 Å². The first-order valence-corrected chi connectivity index (χ1v) is 10.3. The largest absolute Gasteiger partial charge is 0.352 e. The molecule has 0 atom stereocenters. The van der Waals surface area contributed by atoms with E-state index in [1.165, 1.54) is 0 Å². The third-order valence-corrected chi connectivity index (χ3v) is 6.16. The fourth-order valence-corrected chi connectivity index (χ4v) is 4.32. The summed E-state index contributed by atoms with van der Waals surface area (Å²) in [7, 11) is -3.55. The zero-order valence-corrected chi connectivity index (χ0v) is 15.3. The number of pyridine rings is 1. The Hall–Kier alpha value is -2.26. The van der Waals surface area contributed by atoms with Crippen molar-refractivity contribution in [1.29, 1.82) is 0 Å². The maximum absolute atomic E-state index is 12.7. The van der Waals surface area contributed by atoms with Gasteiger partial charge in [0, 0.05) is 51.3 Å². The van der Waals surface area contributed by atoms with Crippen LogP contribution in [0.4, 0.5) is 11.8 Å². The normalized spacial score (nSPS) is 18.2. The van der Waals surface area contributed by atoms with Crippen molar-refractivity contribution >= 4 is 21.8 Å². The molecule has 0 spiro atoms. The number of nitrogens with zero attached hydrogens (tertiary/aromatic N) is 5. The van der Waals surface area contributed by atoms with Crippen LogP contribution in [0.25, 0.3) is 0 Å². The number of nitrogens with one attached hydrogen (secondary N) is 1. The predicted octanol–water partition coefficient (Wildman–Crippen LogP) is 0.886.